The van der Waals surface area contributed by atoms with Crippen molar-refractivity contribution in [2.75, 3.05) is 44.2 Å². The predicted molar refractivity (Wildman–Crippen MR) is 108 cm³/mol. The number of thiophene rings is 1. The minimum Gasteiger partial charge on any atom is -0.416 e. The van der Waals surface area contributed by atoms with Gasteiger partial charge in [0.05, 0.1) is 6.54 Å². The maximum Gasteiger partial charge on any atom is 0.308 e. The summed E-state index contributed by atoms with van der Waals surface area (Å²) < 4.78 is 5.20. The summed E-state index contributed by atoms with van der Waals surface area (Å²) >= 11 is 1.53. The second kappa shape index (κ2) is 8.28. The molecule has 2 aromatic rings. The summed E-state index contributed by atoms with van der Waals surface area (Å²) in [5.74, 6) is 0.856. The normalized spacial score (nSPS) is 17.3. The van der Waals surface area contributed by atoms with Crippen LogP contribution in [0.5, 0.6) is 5.06 Å². The Morgan fingerprint density at radius 1 is 1.18 bits per heavy atom. The number of aromatic nitrogens is 1. The van der Waals surface area contributed by atoms with Crippen LogP contribution in [0.1, 0.15) is 17.4 Å². The first-order chi connectivity index (χ1) is 13.6. The Balaban J connectivity index is 1.29. The highest BCUT2D eigenvalue weighted by molar-refractivity contribution is 7.14. The molecule has 28 heavy (non-hydrogen) atoms. The van der Waals surface area contributed by atoms with Gasteiger partial charge < -0.3 is 14.5 Å². The topological polar surface area (TPSA) is 66.0 Å². The molecule has 0 spiro atoms. The average molecular weight is 401 g/mol. The third-order valence-corrected chi connectivity index (χ3v) is 6.25. The summed E-state index contributed by atoms with van der Waals surface area (Å²) in [6, 6.07) is 7.84. The molecule has 7 nitrogen and oxygen atoms in total. The molecule has 2 aliphatic rings. The molecular formula is C20H24N4O3S. The van der Waals surface area contributed by atoms with Crippen molar-refractivity contribution in [2.24, 2.45) is 0 Å². The molecule has 1 fully saturated rings. The molecule has 1 saturated heterocycles. The summed E-state index contributed by atoms with van der Waals surface area (Å²) in [5, 5.41) is 0.649. The number of rotatable bonds is 4. The van der Waals surface area contributed by atoms with Crippen molar-refractivity contribution in [3.63, 3.8) is 0 Å². The number of pyridine rings is 1. The van der Waals surface area contributed by atoms with E-state index in [1.807, 2.05) is 29.2 Å². The summed E-state index contributed by atoms with van der Waals surface area (Å²) in [7, 11) is 0. The van der Waals surface area contributed by atoms with Crippen LogP contribution in [0.3, 0.4) is 0 Å². The van der Waals surface area contributed by atoms with Crippen LogP contribution < -0.4 is 9.64 Å². The van der Waals surface area contributed by atoms with E-state index in [0.29, 0.717) is 11.6 Å². The standard InChI is InChI=1S/C20H24N4O3S/c1-15(25)27-20-12-16-13-22(7-5-17(16)28-20)14-19(26)24-10-8-23(9-11-24)18-4-2-3-6-21-18/h2-4,6,12H,5,7-11,13-14H2,1H3. The van der Waals surface area contributed by atoms with E-state index in [2.05, 4.69) is 14.8 Å². The second-order valence-corrected chi connectivity index (χ2v) is 8.22. The largest absolute Gasteiger partial charge is 0.416 e. The molecule has 8 heteroatoms. The van der Waals surface area contributed by atoms with E-state index in [1.165, 1.54) is 28.7 Å². The van der Waals surface area contributed by atoms with Gasteiger partial charge >= 0.3 is 5.97 Å². The lowest BCUT2D eigenvalue weighted by Crippen LogP contribution is -2.51. The Labute approximate surface area is 168 Å². The van der Waals surface area contributed by atoms with Gasteiger partial charge in [-0.15, -0.1) is 11.3 Å². The van der Waals surface area contributed by atoms with Gasteiger partial charge in [-0.3, -0.25) is 14.5 Å². The van der Waals surface area contributed by atoms with Gasteiger partial charge in [0.15, 0.2) is 5.06 Å². The van der Waals surface area contributed by atoms with Crippen LogP contribution in [0.15, 0.2) is 30.5 Å². The Morgan fingerprint density at radius 3 is 2.71 bits per heavy atom. The number of esters is 1. The maximum absolute atomic E-state index is 12.8. The summed E-state index contributed by atoms with van der Waals surface area (Å²) in [4.78, 5) is 35.9. The summed E-state index contributed by atoms with van der Waals surface area (Å²) in [6.45, 7) is 6.50. The minimum atomic E-state index is -0.296. The van der Waals surface area contributed by atoms with Gasteiger partial charge in [0.2, 0.25) is 5.91 Å². The van der Waals surface area contributed by atoms with Gasteiger partial charge in [0.1, 0.15) is 5.82 Å². The van der Waals surface area contributed by atoms with Crippen molar-refractivity contribution in [1.82, 2.24) is 14.8 Å². The Morgan fingerprint density at radius 2 is 2.00 bits per heavy atom. The number of hydrogen-bond donors (Lipinski definition) is 0. The number of amides is 1. The molecule has 0 radical (unpaired) electrons. The molecule has 148 valence electrons. The van der Waals surface area contributed by atoms with Gasteiger partial charge in [-0.05, 0) is 30.2 Å². The van der Waals surface area contributed by atoms with E-state index < -0.39 is 0 Å². The molecule has 0 bridgehead atoms. The van der Waals surface area contributed by atoms with E-state index >= 15 is 0 Å². The molecule has 2 aromatic heterocycles. The van der Waals surface area contributed by atoms with Gasteiger partial charge in [-0.1, -0.05) is 6.07 Å². The molecule has 0 aliphatic carbocycles. The summed E-state index contributed by atoms with van der Waals surface area (Å²) in [5.41, 5.74) is 1.17. The van der Waals surface area contributed by atoms with Crippen LogP contribution in [0, 0.1) is 0 Å². The third-order valence-electron chi connectivity index (χ3n) is 5.13. The van der Waals surface area contributed by atoms with Crippen molar-refractivity contribution in [3.05, 3.63) is 40.9 Å². The summed E-state index contributed by atoms with van der Waals surface area (Å²) in [6.07, 6.45) is 2.69. The van der Waals surface area contributed by atoms with E-state index in [0.717, 1.165) is 51.5 Å². The fourth-order valence-corrected chi connectivity index (χ4v) is 4.76. The van der Waals surface area contributed by atoms with Crippen LogP contribution in [0.2, 0.25) is 0 Å². The number of piperazine rings is 1. The highest BCUT2D eigenvalue weighted by atomic mass is 32.1. The molecular weight excluding hydrogens is 376 g/mol. The lowest BCUT2D eigenvalue weighted by Gasteiger charge is -2.36. The van der Waals surface area contributed by atoms with Crippen LogP contribution in [0.4, 0.5) is 5.82 Å². The van der Waals surface area contributed by atoms with Crippen LogP contribution in [0.25, 0.3) is 0 Å². The van der Waals surface area contributed by atoms with E-state index in [9.17, 15) is 9.59 Å². The van der Waals surface area contributed by atoms with Crippen molar-refractivity contribution in [3.8, 4) is 5.06 Å². The van der Waals surface area contributed by atoms with Gasteiger partial charge in [0, 0.05) is 57.3 Å². The lowest BCUT2D eigenvalue weighted by molar-refractivity contribution is -0.133. The zero-order valence-corrected chi connectivity index (χ0v) is 16.8. The molecule has 4 heterocycles. The number of ether oxygens (including phenoxy) is 1. The smallest absolute Gasteiger partial charge is 0.308 e. The van der Waals surface area contributed by atoms with Crippen LogP contribution >= 0.6 is 11.3 Å². The Bertz CT molecular complexity index is 846. The predicted octanol–water partition coefficient (Wildman–Crippen LogP) is 1.78. The zero-order valence-electron chi connectivity index (χ0n) is 16.0. The van der Waals surface area contributed by atoms with Crippen LogP contribution in [-0.4, -0.2) is 65.9 Å². The molecule has 2 aliphatic heterocycles. The third kappa shape index (κ3) is 4.34. The lowest BCUT2D eigenvalue weighted by atomic mass is 10.1. The van der Waals surface area contributed by atoms with Crippen LogP contribution in [-0.2, 0) is 22.6 Å². The highest BCUT2D eigenvalue weighted by Gasteiger charge is 2.26. The molecule has 0 aromatic carbocycles. The monoisotopic (exact) mass is 400 g/mol. The fraction of sp³-hybridized carbons (Fsp3) is 0.450. The molecule has 0 unspecified atom stereocenters. The zero-order chi connectivity index (χ0) is 19.5. The molecule has 0 atom stereocenters. The van der Waals surface area contributed by atoms with Crippen molar-refractivity contribution < 1.29 is 14.3 Å². The highest BCUT2D eigenvalue weighted by Crippen LogP contribution is 2.33. The van der Waals surface area contributed by atoms with Gasteiger partial charge in [-0.2, -0.15) is 0 Å². The second-order valence-electron chi connectivity index (χ2n) is 7.12. The first-order valence-corrected chi connectivity index (χ1v) is 10.4. The van der Waals surface area contributed by atoms with Crippen molar-refractivity contribution >= 4 is 29.0 Å². The molecule has 1 amide bonds. The number of carbonyl (C=O) groups excluding carboxylic acids is 2. The number of nitrogens with zero attached hydrogens (tertiary/aromatic N) is 4. The van der Waals surface area contributed by atoms with E-state index in [-0.39, 0.29) is 11.9 Å². The van der Waals surface area contributed by atoms with E-state index in [1.54, 1.807) is 6.20 Å². The van der Waals surface area contributed by atoms with Gasteiger partial charge in [0.25, 0.3) is 0 Å². The molecule has 0 saturated carbocycles. The van der Waals surface area contributed by atoms with Crippen molar-refractivity contribution in [2.45, 2.75) is 19.9 Å². The number of anilines is 1. The SMILES string of the molecule is CC(=O)Oc1cc2c(s1)CCN(CC(=O)N1CCN(c3ccccn3)CC1)C2. The Hall–Kier alpha value is -2.45. The Kier molecular flexibility index (Phi) is 5.59. The van der Waals surface area contributed by atoms with Crippen molar-refractivity contribution in [1.29, 1.82) is 0 Å². The number of carbonyl (C=O) groups is 2. The first-order valence-electron chi connectivity index (χ1n) is 9.54. The first kappa shape index (κ1) is 18.9. The fourth-order valence-electron chi connectivity index (χ4n) is 3.71. The maximum atomic E-state index is 12.8. The average Bonchev–Trinajstić information content (AvgIpc) is 3.09. The minimum absolute atomic E-state index is 0.180. The molecule has 4 rings (SSSR count). The van der Waals surface area contributed by atoms with E-state index in [4.69, 9.17) is 4.74 Å². The number of hydrogen-bond acceptors (Lipinski definition) is 7. The quantitative estimate of drug-likeness (QED) is 0.729. The molecule has 0 N–H and O–H groups in total. The number of fused-ring (bicyclic) bond motifs is 1. The van der Waals surface area contributed by atoms with Gasteiger partial charge in [-0.25, -0.2) is 4.98 Å².